The molecule has 3 fully saturated rings. The third kappa shape index (κ3) is 3.38. The van der Waals surface area contributed by atoms with E-state index in [4.69, 9.17) is 0 Å². The fraction of sp³-hybridized carbons (Fsp3) is 0.800. The molecule has 28 heavy (non-hydrogen) atoms. The smallest absolute Gasteiger partial charge is 0.230 e. The van der Waals surface area contributed by atoms with Gasteiger partial charge in [-0.1, -0.05) is 6.92 Å². The second-order valence-corrected chi connectivity index (χ2v) is 11.2. The summed E-state index contributed by atoms with van der Waals surface area (Å²) in [6.45, 7) is 8.28. The Bertz CT molecular complexity index is 845. The minimum atomic E-state index is -3.35. The van der Waals surface area contributed by atoms with Gasteiger partial charge in [0.25, 0.3) is 0 Å². The van der Waals surface area contributed by atoms with E-state index < -0.39 is 15.4 Å². The maximum Gasteiger partial charge on any atom is 0.230 e. The van der Waals surface area contributed by atoms with Crippen molar-refractivity contribution in [2.45, 2.75) is 58.4 Å². The molecule has 0 aromatic carbocycles. The van der Waals surface area contributed by atoms with E-state index in [-0.39, 0.29) is 23.6 Å². The number of hydrogen-bond acceptors (Lipinski definition) is 4. The molecule has 0 radical (unpaired) electrons. The van der Waals surface area contributed by atoms with Gasteiger partial charge in [-0.3, -0.25) is 4.79 Å². The zero-order valence-corrected chi connectivity index (χ0v) is 18.0. The first-order chi connectivity index (χ1) is 13.3. The van der Waals surface area contributed by atoms with Crippen LogP contribution in [-0.4, -0.2) is 65.0 Å². The molecule has 1 aliphatic carbocycles. The average molecular weight is 409 g/mol. The van der Waals surface area contributed by atoms with Crippen molar-refractivity contribution in [3.63, 3.8) is 0 Å². The molecule has 0 N–H and O–H groups in total. The fourth-order valence-corrected chi connectivity index (χ4v) is 6.35. The summed E-state index contributed by atoms with van der Waals surface area (Å²) >= 11 is 0. The molecule has 8 heteroatoms. The Kier molecular flexibility index (Phi) is 5.06. The summed E-state index contributed by atoms with van der Waals surface area (Å²) in [5.41, 5.74) is 0.191. The van der Waals surface area contributed by atoms with Gasteiger partial charge in [0.2, 0.25) is 15.9 Å². The minimum Gasteiger partial charge on any atom is -0.342 e. The Morgan fingerprint density at radius 1 is 1.32 bits per heavy atom. The lowest BCUT2D eigenvalue weighted by molar-refractivity contribution is -0.136. The molecule has 3 aliphatic rings. The summed E-state index contributed by atoms with van der Waals surface area (Å²) in [6.07, 6.45) is 7.52. The van der Waals surface area contributed by atoms with Gasteiger partial charge in [-0.05, 0) is 45.4 Å². The van der Waals surface area contributed by atoms with Crippen molar-refractivity contribution in [2.75, 3.05) is 31.9 Å². The van der Waals surface area contributed by atoms with Gasteiger partial charge < -0.3 is 9.47 Å². The first-order valence-corrected chi connectivity index (χ1v) is 12.2. The molecule has 2 aliphatic heterocycles. The molecule has 2 saturated heterocycles. The molecular formula is C20H32N4O3S. The maximum absolute atomic E-state index is 13.5. The van der Waals surface area contributed by atoms with Gasteiger partial charge in [0, 0.05) is 44.3 Å². The number of aromatic nitrogens is 2. The van der Waals surface area contributed by atoms with E-state index >= 15 is 0 Å². The minimum absolute atomic E-state index is 0.135. The molecule has 1 spiro atoms. The summed E-state index contributed by atoms with van der Waals surface area (Å²) in [5.74, 6) is 0.739. The SMILES string of the molecule is CCCS(=O)(=O)N1CC(c2cn(C(C)C)cn2)C2(CCN(CC3CC3)C2=O)C1. The van der Waals surface area contributed by atoms with Crippen LogP contribution < -0.4 is 0 Å². The van der Waals surface area contributed by atoms with E-state index in [0.29, 0.717) is 25.4 Å². The standard InChI is InChI=1S/C20H32N4O3S/c1-4-9-28(26,27)24-11-17(18-12-23(14-21-18)15(2)3)20(13-24)7-8-22(19(20)25)10-16-5-6-16/h12,14-17H,4-11,13H2,1-3H3. The molecule has 2 atom stereocenters. The number of imidazole rings is 1. The summed E-state index contributed by atoms with van der Waals surface area (Å²) in [5, 5.41) is 0. The van der Waals surface area contributed by atoms with Crippen molar-refractivity contribution >= 4 is 15.9 Å². The predicted octanol–water partition coefficient (Wildman–Crippen LogP) is 2.23. The topological polar surface area (TPSA) is 75.5 Å². The van der Waals surface area contributed by atoms with Gasteiger partial charge in [0.15, 0.2) is 0 Å². The monoisotopic (exact) mass is 408 g/mol. The van der Waals surface area contributed by atoms with E-state index in [2.05, 4.69) is 18.8 Å². The van der Waals surface area contributed by atoms with Gasteiger partial charge >= 0.3 is 0 Å². The molecule has 0 bridgehead atoms. The number of rotatable bonds is 7. The fourth-order valence-electron chi connectivity index (χ4n) is 4.77. The largest absolute Gasteiger partial charge is 0.342 e. The van der Waals surface area contributed by atoms with Crippen molar-refractivity contribution in [1.29, 1.82) is 0 Å². The van der Waals surface area contributed by atoms with Crippen LogP contribution in [0.5, 0.6) is 0 Å². The second-order valence-electron chi connectivity index (χ2n) is 9.10. The number of sulfonamides is 1. The lowest BCUT2D eigenvalue weighted by atomic mass is 9.75. The third-order valence-electron chi connectivity index (χ3n) is 6.66. The molecule has 1 aromatic rings. The highest BCUT2D eigenvalue weighted by Gasteiger charge is 2.59. The lowest BCUT2D eigenvalue weighted by Crippen LogP contribution is -2.41. The molecule has 1 saturated carbocycles. The molecule has 1 amide bonds. The normalized spacial score (nSPS) is 28.9. The Morgan fingerprint density at radius 3 is 2.68 bits per heavy atom. The highest BCUT2D eigenvalue weighted by atomic mass is 32.2. The first-order valence-electron chi connectivity index (χ1n) is 10.6. The number of likely N-dealkylation sites (tertiary alicyclic amines) is 1. The number of hydrogen-bond donors (Lipinski definition) is 0. The first kappa shape index (κ1) is 19.9. The summed E-state index contributed by atoms with van der Waals surface area (Å²) in [7, 11) is -3.35. The number of amides is 1. The van der Waals surface area contributed by atoms with E-state index in [1.807, 2.05) is 22.6 Å². The Balaban J connectivity index is 1.67. The van der Waals surface area contributed by atoms with Crippen LogP contribution >= 0.6 is 0 Å². The van der Waals surface area contributed by atoms with Crippen LogP contribution in [0.2, 0.25) is 0 Å². The summed E-state index contributed by atoms with van der Waals surface area (Å²) in [4.78, 5) is 20.1. The number of carbonyl (C=O) groups is 1. The van der Waals surface area contributed by atoms with Crippen LogP contribution in [0.1, 0.15) is 64.1 Å². The molecular weight excluding hydrogens is 376 g/mol. The quantitative estimate of drug-likeness (QED) is 0.693. The Hall–Kier alpha value is -1.41. The van der Waals surface area contributed by atoms with Crippen LogP contribution in [0.25, 0.3) is 0 Å². The van der Waals surface area contributed by atoms with Crippen molar-refractivity contribution in [3.8, 4) is 0 Å². The van der Waals surface area contributed by atoms with E-state index in [1.54, 1.807) is 10.6 Å². The van der Waals surface area contributed by atoms with E-state index in [1.165, 1.54) is 12.8 Å². The zero-order valence-electron chi connectivity index (χ0n) is 17.2. The average Bonchev–Trinajstić information content (AvgIpc) is 3.05. The number of nitrogens with zero attached hydrogens (tertiary/aromatic N) is 4. The van der Waals surface area contributed by atoms with Gasteiger partial charge in [-0.15, -0.1) is 0 Å². The third-order valence-corrected chi connectivity index (χ3v) is 8.65. The molecule has 4 rings (SSSR count). The van der Waals surface area contributed by atoms with Crippen LogP contribution in [0, 0.1) is 11.3 Å². The van der Waals surface area contributed by atoms with Crippen molar-refractivity contribution in [3.05, 3.63) is 18.2 Å². The van der Waals surface area contributed by atoms with Gasteiger partial charge in [0.05, 0.1) is 23.2 Å². The molecule has 3 heterocycles. The van der Waals surface area contributed by atoms with E-state index in [0.717, 1.165) is 25.2 Å². The number of carbonyl (C=O) groups excluding carboxylic acids is 1. The second kappa shape index (κ2) is 7.13. The van der Waals surface area contributed by atoms with Gasteiger partial charge in [-0.25, -0.2) is 17.7 Å². The summed E-state index contributed by atoms with van der Waals surface area (Å²) in [6, 6.07) is 0.282. The maximum atomic E-state index is 13.5. The highest BCUT2D eigenvalue weighted by Crippen LogP contribution is 2.51. The molecule has 2 unspecified atom stereocenters. The molecule has 1 aromatic heterocycles. The summed E-state index contributed by atoms with van der Waals surface area (Å²) < 4.78 is 29.2. The van der Waals surface area contributed by atoms with Crippen molar-refractivity contribution in [1.82, 2.24) is 18.8 Å². The van der Waals surface area contributed by atoms with Gasteiger partial charge in [-0.2, -0.15) is 0 Å². The predicted molar refractivity (Wildman–Crippen MR) is 107 cm³/mol. The van der Waals surface area contributed by atoms with Crippen LogP contribution in [0.15, 0.2) is 12.5 Å². The van der Waals surface area contributed by atoms with Gasteiger partial charge in [0.1, 0.15) is 0 Å². The highest BCUT2D eigenvalue weighted by molar-refractivity contribution is 7.89. The molecule has 156 valence electrons. The molecule has 7 nitrogen and oxygen atoms in total. The van der Waals surface area contributed by atoms with Crippen LogP contribution in [0.4, 0.5) is 0 Å². The van der Waals surface area contributed by atoms with Crippen molar-refractivity contribution < 1.29 is 13.2 Å². The Morgan fingerprint density at radius 2 is 2.07 bits per heavy atom. The van der Waals surface area contributed by atoms with Crippen LogP contribution in [-0.2, 0) is 14.8 Å². The van der Waals surface area contributed by atoms with E-state index in [9.17, 15) is 13.2 Å². The van der Waals surface area contributed by atoms with Crippen molar-refractivity contribution in [2.24, 2.45) is 11.3 Å². The lowest BCUT2D eigenvalue weighted by Gasteiger charge is -2.28. The van der Waals surface area contributed by atoms with Crippen LogP contribution in [0.3, 0.4) is 0 Å². The zero-order chi connectivity index (χ0) is 20.1. The Labute approximate surface area is 168 Å².